The van der Waals surface area contributed by atoms with Gasteiger partial charge in [-0.15, -0.1) is 0 Å². The summed E-state index contributed by atoms with van der Waals surface area (Å²) in [6, 6.07) is 5.75. The molecule has 1 aromatic carbocycles. The molecule has 16 heavy (non-hydrogen) atoms. The van der Waals surface area contributed by atoms with Gasteiger partial charge in [-0.3, -0.25) is 0 Å². The summed E-state index contributed by atoms with van der Waals surface area (Å²) in [6.07, 6.45) is 0. The lowest BCUT2D eigenvalue weighted by Crippen LogP contribution is -1.84. The van der Waals surface area contributed by atoms with Gasteiger partial charge in [-0.25, -0.2) is 4.98 Å². The largest absolute Gasteiger partial charge is 0.235 e. The summed E-state index contributed by atoms with van der Waals surface area (Å²) >= 11 is 15.2. The number of nitrogens with zero attached hydrogens (tertiary/aromatic N) is 1. The van der Waals surface area contributed by atoms with Crippen LogP contribution in [0.2, 0.25) is 10.2 Å². The number of pyridine rings is 1. The number of aryl methyl sites for hydroxylation is 1. The highest BCUT2D eigenvalue weighted by molar-refractivity contribution is 9.10. The molecule has 0 saturated heterocycles. The zero-order chi connectivity index (χ0) is 12.3. The van der Waals surface area contributed by atoms with Crippen LogP contribution in [0.25, 0.3) is 10.9 Å². The smallest absolute Gasteiger partial charge is 0.143 e. The molecule has 86 valence electrons. The molecule has 0 aliphatic heterocycles. The van der Waals surface area contributed by atoms with Gasteiger partial charge in [-0.2, -0.15) is 0 Å². The molecule has 0 radical (unpaired) electrons. The normalized spacial score (nSPS) is 9.88. The van der Waals surface area contributed by atoms with E-state index >= 15 is 0 Å². The SMILES string of the molecule is CC.Cc1cc2cc(Br)c(Cl)nc2cc1Cl. The zero-order valence-corrected chi connectivity index (χ0v) is 12.4. The third kappa shape index (κ3) is 2.88. The van der Waals surface area contributed by atoms with Crippen molar-refractivity contribution < 1.29 is 0 Å². The summed E-state index contributed by atoms with van der Waals surface area (Å²) in [5.74, 6) is 0. The summed E-state index contributed by atoms with van der Waals surface area (Å²) in [7, 11) is 0. The molecular formula is C12H12BrCl2N. The molecule has 0 bridgehead atoms. The average Bonchev–Trinajstić information content (AvgIpc) is 2.26. The first-order valence-electron chi connectivity index (χ1n) is 5.00. The van der Waals surface area contributed by atoms with Gasteiger partial charge in [0.15, 0.2) is 0 Å². The van der Waals surface area contributed by atoms with Crippen LogP contribution >= 0.6 is 39.1 Å². The molecule has 0 unspecified atom stereocenters. The van der Waals surface area contributed by atoms with Crippen molar-refractivity contribution >= 4 is 50.0 Å². The molecular weight excluding hydrogens is 309 g/mol. The third-order valence-corrected chi connectivity index (χ3v) is 3.53. The summed E-state index contributed by atoms with van der Waals surface area (Å²) in [4.78, 5) is 4.21. The number of halogens is 3. The molecule has 0 fully saturated rings. The molecule has 4 heteroatoms. The van der Waals surface area contributed by atoms with Gasteiger partial charge in [0.1, 0.15) is 5.15 Å². The minimum Gasteiger partial charge on any atom is -0.235 e. The van der Waals surface area contributed by atoms with Gasteiger partial charge in [-0.05, 0) is 46.6 Å². The molecule has 0 spiro atoms. The van der Waals surface area contributed by atoms with Crippen LogP contribution in [0.1, 0.15) is 19.4 Å². The van der Waals surface area contributed by atoms with Crippen molar-refractivity contribution in [3.63, 3.8) is 0 Å². The van der Waals surface area contributed by atoms with Gasteiger partial charge >= 0.3 is 0 Å². The highest BCUT2D eigenvalue weighted by Crippen LogP contribution is 2.28. The third-order valence-electron chi connectivity index (χ3n) is 2.01. The fourth-order valence-electron chi connectivity index (χ4n) is 1.26. The Morgan fingerprint density at radius 1 is 1.12 bits per heavy atom. The molecule has 1 nitrogen and oxygen atoms in total. The van der Waals surface area contributed by atoms with E-state index in [1.807, 2.05) is 39.0 Å². The van der Waals surface area contributed by atoms with Gasteiger partial charge in [0.05, 0.1) is 9.99 Å². The van der Waals surface area contributed by atoms with E-state index in [1.54, 1.807) is 0 Å². The van der Waals surface area contributed by atoms with Gasteiger partial charge in [-0.1, -0.05) is 37.0 Å². The Morgan fingerprint density at radius 3 is 2.38 bits per heavy atom. The maximum absolute atomic E-state index is 5.98. The maximum atomic E-state index is 5.98. The van der Waals surface area contributed by atoms with E-state index in [9.17, 15) is 0 Å². The number of aromatic nitrogens is 1. The first kappa shape index (κ1) is 13.8. The Kier molecular flexibility index (Phi) is 5.03. The Labute approximate surface area is 114 Å². The van der Waals surface area contributed by atoms with Gasteiger partial charge in [0.2, 0.25) is 0 Å². The molecule has 0 atom stereocenters. The average molecular weight is 321 g/mol. The highest BCUT2D eigenvalue weighted by atomic mass is 79.9. The van der Waals surface area contributed by atoms with Crippen molar-refractivity contribution in [2.45, 2.75) is 20.8 Å². The van der Waals surface area contributed by atoms with E-state index in [4.69, 9.17) is 23.2 Å². The van der Waals surface area contributed by atoms with Crippen LogP contribution in [-0.2, 0) is 0 Å². The second kappa shape index (κ2) is 5.85. The number of hydrogen-bond acceptors (Lipinski definition) is 1. The lowest BCUT2D eigenvalue weighted by Gasteiger charge is -2.03. The maximum Gasteiger partial charge on any atom is 0.143 e. The Bertz CT molecular complexity index is 423. The van der Waals surface area contributed by atoms with Crippen molar-refractivity contribution in [3.8, 4) is 0 Å². The standard InChI is InChI=1S/C10H6BrCl2N.C2H6/c1-5-2-6-3-7(11)10(13)14-9(6)4-8(5)12;1-2/h2-4H,1H3;1-2H3. The molecule has 1 heterocycles. The van der Waals surface area contributed by atoms with E-state index in [0.717, 1.165) is 20.9 Å². The number of rotatable bonds is 0. The predicted octanol–water partition coefficient (Wildman–Crippen LogP) is 5.64. The van der Waals surface area contributed by atoms with Crippen molar-refractivity contribution in [2.75, 3.05) is 0 Å². The fraction of sp³-hybridized carbons (Fsp3) is 0.250. The first-order chi connectivity index (χ1) is 7.58. The summed E-state index contributed by atoms with van der Waals surface area (Å²) < 4.78 is 0.799. The zero-order valence-electron chi connectivity index (χ0n) is 9.31. The minimum atomic E-state index is 0.456. The van der Waals surface area contributed by atoms with Gasteiger partial charge < -0.3 is 0 Å². The lowest BCUT2D eigenvalue weighted by molar-refractivity contribution is 1.37. The summed E-state index contributed by atoms with van der Waals surface area (Å²) in [5.41, 5.74) is 1.85. The van der Waals surface area contributed by atoms with Crippen LogP contribution in [0, 0.1) is 6.92 Å². The number of fused-ring (bicyclic) bond motifs is 1. The molecule has 0 aliphatic rings. The fourth-order valence-corrected chi connectivity index (χ4v) is 1.90. The number of hydrogen-bond donors (Lipinski definition) is 0. The van der Waals surface area contributed by atoms with E-state index in [1.165, 1.54) is 0 Å². The van der Waals surface area contributed by atoms with Crippen LogP contribution in [-0.4, -0.2) is 4.98 Å². The molecule has 2 aromatic rings. The number of benzene rings is 1. The van der Waals surface area contributed by atoms with Crippen molar-refractivity contribution in [1.82, 2.24) is 4.98 Å². The van der Waals surface area contributed by atoms with Crippen LogP contribution in [0.3, 0.4) is 0 Å². The van der Waals surface area contributed by atoms with E-state index in [-0.39, 0.29) is 0 Å². The lowest BCUT2D eigenvalue weighted by atomic mass is 10.1. The second-order valence-corrected chi connectivity index (χ2v) is 4.67. The Hall–Kier alpha value is -0.310. The first-order valence-corrected chi connectivity index (χ1v) is 6.55. The van der Waals surface area contributed by atoms with Crippen LogP contribution in [0.15, 0.2) is 22.7 Å². The molecule has 0 aliphatic carbocycles. The van der Waals surface area contributed by atoms with Crippen molar-refractivity contribution in [3.05, 3.63) is 38.4 Å². The topological polar surface area (TPSA) is 12.9 Å². The highest BCUT2D eigenvalue weighted by Gasteiger charge is 2.04. The molecule has 1 aromatic heterocycles. The van der Waals surface area contributed by atoms with Gasteiger partial charge in [0.25, 0.3) is 0 Å². The Balaban J connectivity index is 0.000000606. The van der Waals surface area contributed by atoms with Crippen LogP contribution < -0.4 is 0 Å². The monoisotopic (exact) mass is 319 g/mol. The van der Waals surface area contributed by atoms with Crippen LogP contribution in [0.4, 0.5) is 0 Å². The van der Waals surface area contributed by atoms with E-state index in [2.05, 4.69) is 20.9 Å². The molecule has 0 N–H and O–H groups in total. The molecule has 2 rings (SSSR count). The van der Waals surface area contributed by atoms with Crippen molar-refractivity contribution in [2.24, 2.45) is 0 Å². The van der Waals surface area contributed by atoms with E-state index < -0.39 is 0 Å². The quantitative estimate of drug-likeness (QED) is 0.572. The molecule has 0 saturated carbocycles. The van der Waals surface area contributed by atoms with Gasteiger partial charge in [0, 0.05) is 10.4 Å². The second-order valence-electron chi connectivity index (χ2n) is 3.06. The van der Waals surface area contributed by atoms with E-state index in [0.29, 0.717) is 10.2 Å². The predicted molar refractivity (Wildman–Crippen MR) is 75.5 cm³/mol. The van der Waals surface area contributed by atoms with Crippen molar-refractivity contribution in [1.29, 1.82) is 0 Å². The van der Waals surface area contributed by atoms with Crippen LogP contribution in [0.5, 0.6) is 0 Å². The minimum absolute atomic E-state index is 0.456. The molecule has 0 amide bonds. The summed E-state index contributed by atoms with van der Waals surface area (Å²) in [5, 5.41) is 2.20. The summed E-state index contributed by atoms with van der Waals surface area (Å²) in [6.45, 7) is 5.96. The Morgan fingerprint density at radius 2 is 1.75 bits per heavy atom.